The number of nitrogens with one attached hydrogen (secondary N) is 1. The molecule has 1 N–H and O–H groups in total. The molecule has 174 valence electrons. The fourth-order valence-electron chi connectivity index (χ4n) is 4.24. The fourth-order valence-corrected chi connectivity index (χ4v) is 6.14. The Morgan fingerprint density at radius 2 is 1.87 bits per heavy atom. The summed E-state index contributed by atoms with van der Waals surface area (Å²) in [5, 5.41) is 0. The molecule has 0 bridgehead atoms. The van der Waals surface area contributed by atoms with Crippen molar-refractivity contribution in [2.45, 2.75) is 49.7 Å². The van der Waals surface area contributed by atoms with Crippen molar-refractivity contribution in [2.24, 2.45) is 0 Å². The number of sulfonamides is 1. The standard InChI is InChI=1S/C19H27F3N4O4S/c1-13-12-30-8-7-25(13)14-9-16(23-17(27)10-14)26-6-5-24(11-15(26)19(20,21)22)31(28,29)18(2)3-4-18/h9-10,13,15H,3-8,11-12H2,1-2H3,(H,23,27)/t13-,15?/m1/s1. The summed E-state index contributed by atoms with van der Waals surface area (Å²) in [5.41, 5.74) is 0.0173. The van der Waals surface area contributed by atoms with Crippen molar-refractivity contribution in [1.29, 1.82) is 0 Å². The van der Waals surface area contributed by atoms with Crippen LogP contribution in [-0.4, -0.2) is 80.1 Å². The molecule has 3 aliphatic rings. The van der Waals surface area contributed by atoms with Crippen LogP contribution in [0.5, 0.6) is 0 Å². The monoisotopic (exact) mass is 464 g/mol. The molecule has 0 amide bonds. The molecule has 1 unspecified atom stereocenters. The zero-order valence-corrected chi connectivity index (χ0v) is 18.3. The third kappa shape index (κ3) is 4.17. The Labute approximate surface area is 179 Å². The normalized spacial score (nSPS) is 27.4. The Hall–Kier alpha value is -1.79. The number of piperazine rings is 1. The van der Waals surface area contributed by atoms with E-state index in [1.807, 2.05) is 11.8 Å². The Kier molecular flexibility index (Phi) is 5.54. The molecule has 1 aromatic rings. The number of H-pyrrole nitrogens is 1. The molecule has 0 spiro atoms. The average Bonchev–Trinajstić information content (AvgIpc) is 3.46. The summed E-state index contributed by atoms with van der Waals surface area (Å²) >= 11 is 0. The Balaban J connectivity index is 1.65. The van der Waals surface area contributed by atoms with E-state index in [0.717, 1.165) is 9.21 Å². The Bertz CT molecular complexity index is 993. The van der Waals surface area contributed by atoms with Crippen LogP contribution in [0.25, 0.3) is 0 Å². The first-order valence-corrected chi connectivity index (χ1v) is 11.8. The second-order valence-electron chi connectivity index (χ2n) is 8.77. The van der Waals surface area contributed by atoms with Gasteiger partial charge in [0.25, 0.3) is 5.56 Å². The van der Waals surface area contributed by atoms with Gasteiger partial charge in [-0.15, -0.1) is 0 Å². The Morgan fingerprint density at radius 3 is 2.48 bits per heavy atom. The van der Waals surface area contributed by atoms with E-state index in [0.29, 0.717) is 38.3 Å². The van der Waals surface area contributed by atoms with E-state index in [1.165, 1.54) is 12.1 Å². The van der Waals surface area contributed by atoms with Crippen LogP contribution in [-0.2, 0) is 14.8 Å². The van der Waals surface area contributed by atoms with E-state index >= 15 is 0 Å². The predicted octanol–water partition coefficient (Wildman–Crippen LogP) is 1.54. The van der Waals surface area contributed by atoms with Gasteiger partial charge >= 0.3 is 6.18 Å². The molecule has 1 aromatic heterocycles. The smallest absolute Gasteiger partial charge is 0.377 e. The van der Waals surface area contributed by atoms with Crippen molar-refractivity contribution in [3.8, 4) is 0 Å². The lowest BCUT2D eigenvalue weighted by molar-refractivity contribution is -0.153. The van der Waals surface area contributed by atoms with Crippen LogP contribution in [0.1, 0.15) is 26.7 Å². The molecule has 3 fully saturated rings. The number of rotatable bonds is 4. The number of ether oxygens (including phenoxy) is 1. The SMILES string of the molecule is C[C@@H]1COCCN1c1cc(N2CCN(S(=O)(=O)C3(C)CC3)CC2C(F)(F)F)[nH]c(=O)c1. The molecule has 31 heavy (non-hydrogen) atoms. The lowest BCUT2D eigenvalue weighted by Gasteiger charge is -2.43. The summed E-state index contributed by atoms with van der Waals surface area (Å²) in [6, 6.07) is 0.825. The van der Waals surface area contributed by atoms with Gasteiger partial charge < -0.3 is 19.5 Å². The van der Waals surface area contributed by atoms with E-state index in [-0.39, 0.29) is 24.9 Å². The van der Waals surface area contributed by atoms with Crippen molar-refractivity contribution in [3.05, 3.63) is 22.5 Å². The maximum Gasteiger partial charge on any atom is 0.410 e. The van der Waals surface area contributed by atoms with E-state index in [4.69, 9.17) is 4.74 Å². The van der Waals surface area contributed by atoms with Crippen LogP contribution >= 0.6 is 0 Å². The number of nitrogens with zero attached hydrogens (tertiary/aromatic N) is 3. The molecule has 3 heterocycles. The van der Waals surface area contributed by atoms with Gasteiger partial charge in [0.1, 0.15) is 11.9 Å². The van der Waals surface area contributed by atoms with Gasteiger partial charge in [-0.25, -0.2) is 8.42 Å². The summed E-state index contributed by atoms with van der Waals surface area (Å²) in [5.74, 6) is 0.0400. The van der Waals surface area contributed by atoms with Gasteiger partial charge in [-0.05, 0) is 26.7 Å². The van der Waals surface area contributed by atoms with Gasteiger partial charge in [0.2, 0.25) is 10.0 Å². The lowest BCUT2D eigenvalue weighted by Crippen LogP contribution is -2.61. The molecule has 2 saturated heterocycles. The zero-order chi connectivity index (χ0) is 22.6. The van der Waals surface area contributed by atoms with Crippen LogP contribution in [0.3, 0.4) is 0 Å². The molecule has 1 aliphatic carbocycles. The van der Waals surface area contributed by atoms with Crippen LogP contribution in [0, 0.1) is 0 Å². The quantitative estimate of drug-likeness (QED) is 0.728. The summed E-state index contributed by atoms with van der Waals surface area (Å²) in [6.07, 6.45) is -3.75. The Morgan fingerprint density at radius 1 is 1.16 bits per heavy atom. The lowest BCUT2D eigenvalue weighted by atomic mass is 10.1. The minimum absolute atomic E-state index is 0.0249. The van der Waals surface area contributed by atoms with Crippen molar-refractivity contribution in [3.63, 3.8) is 0 Å². The van der Waals surface area contributed by atoms with Gasteiger partial charge in [-0.3, -0.25) is 4.79 Å². The molecule has 12 heteroatoms. The first kappa shape index (κ1) is 22.4. The molecular weight excluding hydrogens is 437 g/mol. The number of hydrogen-bond donors (Lipinski definition) is 1. The summed E-state index contributed by atoms with van der Waals surface area (Å²) in [7, 11) is -3.82. The van der Waals surface area contributed by atoms with Crippen molar-refractivity contribution >= 4 is 21.5 Å². The number of aromatic amines is 1. The molecule has 8 nitrogen and oxygen atoms in total. The molecule has 0 radical (unpaired) electrons. The molecule has 0 aromatic carbocycles. The van der Waals surface area contributed by atoms with Crippen molar-refractivity contribution < 1.29 is 26.3 Å². The fraction of sp³-hybridized carbons (Fsp3) is 0.737. The predicted molar refractivity (Wildman–Crippen MR) is 110 cm³/mol. The highest BCUT2D eigenvalue weighted by molar-refractivity contribution is 7.90. The topological polar surface area (TPSA) is 85.9 Å². The highest BCUT2D eigenvalue weighted by Crippen LogP contribution is 2.45. The van der Waals surface area contributed by atoms with Gasteiger partial charge in [0, 0.05) is 50.0 Å². The van der Waals surface area contributed by atoms with Gasteiger partial charge in [-0.2, -0.15) is 17.5 Å². The van der Waals surface area contributed by atoms with E-state index in [9.17, 15) is 26.4 Å². The van der Waals surface area contributed by atoms with Crippen molar-refractivity contribution in [1.82, 2.24) is 9.29 Å². The second kappa shape index (κ2) is 7.66. The largest absolute Gasteiger partial charge is 0.410 e. The molecule has 1 saturated carbocycles. The van der Waals surface area contributed by atoms with Crippen molar-refractivity contribution in [2.75, 3.05) is 49.2 Å². The minimum Gasteiger partial charge on any atom is -0.377 e. The number of halogens is 3. The summed E-state index contributed by atoms with van der Waals surface area (Å²) in [4.78, 5) is 17.8. The highest BCUT2D eigenvalue weighted by Gasteiger charge is 2.56. The molecule has 2 aliphatic heterocycles. The first-order valence-electron chi connectivity index (χ1n) is 10.3. The second-order valence-corrected chi connectivity index (χ2v) is 11.2. The van der Waals surface area contributed by atoms with Gasteiger partial charge in [0.15, 0.2) is 0 Å². The van der Waals surface area contributed by atoms with Crippen LogP contribution in [0.15, 0.2) is 16.9 Å². The van der Waals surface area contributed by atoms with E-state index < -0.39 is 39.1 Å². The summed E-state index contributed by atoms with van der Waals surface area (Å²) in [6.45, 7) is 4.01. The van der Waals surface area contributed by atoms with E-state index in [1.54, 1.807) is 6.92 Å². The van der Waals surface area contributed by atoms with Crippen LogP contribution < -0.4 is 15.4 Å². The van der Waals surface area contributed by atoms with Gasteiger partial charge in [-0.1, -0.05) is 0 Å². The van der Waals surface area contributed by atoms with Crippen LogP contribution in [0.2, 0.25) is 0 Å². The number of pyridine rings is 1. The number of aromatic nitrogens is 1. The number of hydrogen-bond acceptors (Lipinski definition) is 6. The third-order valence-corrected chi connectivity index (χ3v) is 9.13. The third-order valence-electron chi connectivity index (χ3n) is 6.46. The molecule has 4 rings (SSSR count). The number of morpholine rings is 1. The summed E-state index contributed by atoms with van der Waals surface area (Å²) < 4.78 is 73.0. The maximum atomic E-state index is 14.0. The number of alkyl halides is 3. The maximum absolute atomic E-state index is 14.0. The minimum atomic E-state index is -4.67. The molecule has 2 atom stereocenters. The zero-order valence-electron chi connectivity index (χ0n) is 17.5. The first-order chi connectivity index (χ1) is 14.4. The van der Waals surface area contributed by atoms with E-state index in [2.05, 4.69) is 4.98 Å². The van der Waals surface area contributed by atoms with Crippen LogP contribution in [0.4, 0.5) is 24.7 Å². The highest BCUT2D eigenvalue weighted by atomic mass is 32.2. The average molecular weight is 465 g/mol. The number of anilines is 2. The van der Waals surface area contributed by atoms with Gasteiger partial charge in [0.05, 0.1) is 18.0 Å². The molecular formula is C19H27F3N4O4S.